The number of hydrazine groups is 1. The zero-order valence-corrected chi connectivity index (χ0v) is 17.2. The number of rotatable bonds is 7. The van der Waals surface area contributed by atoms with Gasteiger partial charge in [-0.2, -0.15) is 0 Å². The maximum absolute atomic E-state index is 12.1. The fraction of sp³-hybridized carbons (Fsp3) is 0.238. The minimum absolute atomic E-state index is 0.116. The summed E-state index contributed by atoms with van der Waals surface area (Å²) in [5.74, 6) is 0.225. The summed E-state index contributed by atoms with van der Waals surface area (Å²) >= 11 is 1.29. The summed E-state index contributed by atoms with van der Waals surface area (Å²) < 4.78 is 2.02. The molecule has 0 saturated carbocycles. The van der Waals surface area contributed by atoms with Crippen LogP contribution < -0.4 is 10.9 Å². The molecule has 2 N–H and O–H groups in total. The van der Waals surface area contributed by atoms with Crippen LogP contribution in [0.5, 0.6) is 0 Å². The van der Waals surface area contributed by atoms with Gasteiger partial charge in [-0.05, 0) is 31.5 Å². The van der Waals surface area contributed by atoms with Crippen LogP contribution in [0.15, 0.2) is 59.8 Å². The Morgan fingerprint density at radius 1 is 1.03 bits per heavy atom. The number of hydrogen-bond acceptors (Lipinski definition) is 5. The van der Waals surface area contributed by atoms with Crippen LogP contribution in [0, 0.1) is 6.92 Å². The molecule has 8 heteroatoms. The molecule has 0 bridgehead atoms. The molecule has 0 atom stereocenters. The van der Waals surface area contributed by atoms with Crippen molar-refractivity contribution in [1.29, 1.82) is 0 Å². The van der Waals surface area contributed by atoms with Gasteiger partial charge in [-0.25, -0.2) is 0 Å². The molecule has 0 radical (unpaired) electrons. The molecule has 29 heavy (non-hydrogen) atoms. The lowest BCUT2D eigenvalue weighted by Crippen LogP contribution is -2.42. The largest absolute Gasteiger partial charge is 0.302 e. The molecule has 0 aliphatic heterocycles. The van der Waals surface area contributed by atoms with Gasteiger partial charge in [0.25, 0.3) is 5.91 Å². The molecule has 2 amide bonds. The number of thioether (sulfide) groups is 1. The number of nitrogens with one attached hydrogen (secondary N) is 2. The maximum Gasteiger partial charge on any atom is 0.269 e. The average Bonchev–Trinajstić information content (AvgIpc) is 3.14. The first kappa shape index (κ1) is 20.6. The number of hydrogen-bond donors (Lipinski definition) is 2. The van der Waals surface area contributed by atoms with Gasteiger partial charge in [0, 0.05) is 17.7 Å². The summed E-state index contributed by atoms with van der Waals surface area (Å²) in [4.78, 5) is 24.1. The lowest BCUT2D eigenvalue weighted by molar-refractivity contribution is -0.119. The van der Waals surface area contributed by atoms with Crippen molar-refractivity contribution >= 4 is 23.6 Å². The third-order valence-corrected chi connectivity index (χ3v) is 5.09. The van der Waals surface area contributed by atoms with E-state index in [1.807, 2.05) is 35.8 Å². The Morgan fingerprint density at radius 2 is 1.83 bits per heavy atom. The van der Waals surface area contributed by atoms with E-state index in [9.17, 15) is 9.59 Å². The smallest absolute Gasteiger partial charge is 0.269 e. The Hall–Kier alpha value is -3.13. The minimum Gasteiger partial charge on any atom is -0.302 e. The van der Waals surface area contributed by atoms with Crippen LogP contribution in [0.2, 0.25) is 0 Å². The molecule has 3 aromatic rings. The highest BCUT2D eigenvalue weighted by Crippen LogP contribution is 2.24. The molecule has 1 heterocycles. The Labute approximate surface area is 173 Å². The fourth-order valence-electron chi connectivity index (χ4n) is 2.77. The summed E-state index contributed by atoms with van der Waals surface area (Å²) in [6, 6.07) is 16.8. The summed E-state index contributed by atoms with van der Waals surface area (Å²) in [5, 5.41) is 9.27. The summed E-state index contributed by atoms with van der Waals surface area (Å²) in [6.07, 6.45) is 0.920. The van der Waals surface area contributed by atoms with E-state index in [1.165, 1.54) is 11.8 Å². The molecule has 0 fully saturated rings. The topological polar surface area (TPSA) is 88.9 Å². The van der Waals surface area contributed by atoms with Gasteiger partial charge in [0.05, 0.1) is 5.75 Å². The van der Waals surface area contributed by atoms with E-state index in [2.05, 4.69) is 34.0 Å². The number of aryl methyl sites for hydroxylation is 1. The van der Waals surface area contributed by atoms with E-state index in [-0.39, 0.29) is 17.6 Å². The van der Waals surface area contributed by atoms with Crippen molar-refractivity contribution < 1.29 is 9.59 Å². The van der Waals surface area contributed by atoms with Crippen molar-refractivity contribution in [3.63, 3.8) is 0 Å². The van der Waals surface area contributed by atoms with E-state index >= 15 is 0 Å². The number of aromatic nitrogens is 3. The molecule has 0 unspecified atom stereocenters. The van der Waals surface area contributed by atoms with Gasteiger partial charge in [-0.3, -0.25) is 20.4 Å². The second kappa shape index (κ2) is 9.88. The van der Waals surface area contributed by atoms with Crippen LogP contribution in [0.3, 0.4) is 0 Å². The first-order chi connectivity index (χ1) is 14.1. The number of carbonyl (C=O) groups excluding carboxylic acids is 2. The van der Waals surface area contributed by atoms with Crippen molar-refractivity contribution in [3.8, 4) is 11.4 Å². The minimum atomic E-state index is -0.361. The highest BCUT2D eigenvalue weighted by molar-refractivity contribution is 7.99. The molecule has 0 aliphatic carbocycles. The molecule has 7 nitrogen and oxygen atoms in total. The normalized spacial score (nSPS) is 10.6. The van der Waals surface area contributed by atoms with Gasteiger partial charge in [0.1, 0.15) is 0 Å². The molecule has 0 saturated heterocycles. The maximum atomic E-state index is 12.1. The van der Waals surface area contributed by atoms with Crippen molar-refractivity contribution in [3.05, 3.63) is 65.7 Å². The first-order valence-electron chi connectivity index (χ1n) is 9.35. The SMILES string of the molecule is CCCn1c(SCC(=O)NNC(=O)c2ccccc2)nnc1-c1cccc(C)c1. The van der Waals surface area contributed by atoms with Gasteiger partial charge in [-0.1, -0.05) is 60.6 Å². The van der Waals surface area contributed by atoms with E-state index in [0.29, 0.717) is 10.7 Å². The molecule has 2 aromatic carbocycles. The highest BCUT2D eigenvalue weighted by Gasteiger charge is 2.15. The zero-order valence-electron chi connectivity index (χ0n) is 16.4. The molecular weight excluding hydrogens is 386 g/mol. The summed E-state index contributed by atoms with van der Waals surface area (Å²) in [7, 11) is 0. The van der Waals surface area contributed by atoms with Gasteiger partial charge in [0.15, 0.2) is 11.0 Å². The van der Waals surface area contributed by atoms with Crippen molar-refractivity contribution in [2.24, 2.45) is 0 Å². The van der Waals surface area contributed by atoms with Gasteiger partial charge < -0.3 is 4.57 Å². The lowest BCUT2D eigenvalue weighted by Gasteiger charge is -2.10. The van der Waals surface area contributed by atoms with Crippen LogP contribution >= 0.6 is 11.8 Å². The molecular formula is C21H23N5O2S. The van der Waals surface area contributed by atoms with Crippen LogP contribution in [0.4, 0.5) is 0 Å². The molecule has 0 spiro atoms. The Kier molecular flexibility index (Phi) is 7.02. The average molecular weight is 410 g/mol. The predicted octanol–water partition coefficient (Wildman–Crippen LogP) is 3.22. The van der Waals surface area contributed by atoms with Gasteiger partial charge >= 0.3 is 0 Å². The molecule has 0 aliphatic rings. The quantitative estimate of drug-likeness (QED) is 0.462. The Bertz CT molecular complexity index is 988. The number of benzene rings is 2. The van der Waals surface area contributed by atoms with E-state index in [0.717, 1.165) is 29.9 Å². The summed E-state index contributed by atoms with van der Waals surface area (Å²) in [6.45, 7) is 4.87. The van der Waals surface area contributed by atoms with Gasteiger partial charge in [-0.15, -0.1) is 10.2 Å². The Morgan fingerprint density at radius 3 is 2.55 bits per heavy atom. The summed E-state index contributed by atoms with van der Waals surface area (Å²) in [5.41, 5.74) is 7.47. The lowest BCUT2D eigenvalue weighted by atomic mass is 10.1. The van der Waals surface area contributed by atoms with E-state index in [4.69, 9.17) is 0 Å². The van der Waals surface area contributed by atoms with Crippen molar-refractivity contribution in [1.82, 2.24) is 25.6 Å². The van der Waals surface area contributed by atoms with Crippen LogP contribution in [0.25, 0.3) is 11.4 Å². The second-order valence-corrected chi connectivity index (χ2v) is 7.43. The van der Waals surface area contributed by atoms with Crippen molar-refractivity contribution in [2.45, 2.75) is 32.0 Å². The predicted molar refractivity (Wildman–Crippen MR) is 113 cm³/mol. The van der Waals surface area contributed by atoms with Gasteiger partial charge in [0.2, 0.25) is 5.91 Å². The third kappa shape index (κ3) is 5.45. The van der Waals surface area contributed by atoms with Crippen LogP contribution in [0.1, 0.15) is 29.3 Å². The number of amides is 2. The molecule has 150 valence electrons. The molecule has 1 aromatic heterocycles. The molecule has 3 rings (SSSR count). The Balaban J connectivity index is 1.61. The van der Waals surface area contributed by atoms with E-state index in [1.54, 1.807) is 24.3 Å². The number of carbonyl (C=O) groups is 2. The highest BCUT2D eigenvalue weighted by atomic mass is 32.2. The third-order valence-electron chi connectivity index (χ3n) is 4.12. The standard InChI is InChI=1S/C21H23N5O2S/c1-3-12-26-19(17-11-7-8-15(2)13-17)23-25-21(26)29-14-18(27)22-24-20(28)16-9-5-4-6-10-16/h4-11,13H,3,12,14H2,1-2H3,(H,22,27)(H,24,28). The van der Waals surface area contributed by atoms with E-state index < -0.39 is 0 Å². The zero-order chi connectivity index (χ0) is 20.6. The fourth-order valence-corrected chi connectivity index (χ4v) is 3.54. The number of nitrogens with zero attached hydrogens (tertiary/aromatic N) is 3. The van der Waals surface area contributed by atoms with Crippen LogP contribution in [-0.2, 0) is 11.3 Å². The second-order valence-electron chi connectivity index (χ2n) is 6.48. The van der Waals surface area contributed by atoms with Crippen LogP contribution in [-0.4, -0.2) is 32.3 Å². The first-order valence-corrected chi connectivity index (χ1v) is 10.3. The monoisotopic (exact) mass is 409 g/mol. The van der Waals surface area contributed by atoms with Crippen molar-refractivity contribution in [2.75, 3.05) is 5.75 Å².